The zero-order valence-corrected chi connectivity index (χ0v) is 13.7. The molecule has 3 N–H and O–H groups in total. The molecule has 0 aliphatic carbocycles. The summed E-state index contributed by atoms with van der Waals surface area (Å²) in [5, 5.41) is 3.02. The lowest BCUT2D eigenvalue weighted by Crippen LogP contribution is -2.37. The molecule has 0 bridgehead atoms. The van der Waals surface area contributed by atoms with Gasteiger partial charge in [0.25, 0.3) is 5.91 Å². The fourth-order valence-corrected chi connectivity index (χ4v) is 1.75. The van der Waals surface area contributed by atoms with E-state index in [1.54, 1.807) is 0 Å². The molecule has 114 valence electrons. The molecule has 1 amide bonds. The highest BCUT2D eigenvalue weighted by molar-refractivity contribution is 5.94. The van der Waals surface area contributed by atoms with Crippen molar-refractivity contribution in [1.29, 1.82) is 0 Å². The number of nitrogens with one attached hydrogen (secondary N) is 1. The number of carbonyl (C=O) groups excluding carboxylic acids is 1. The number of carbonyl (C=O) groups is 1. The lowest BCUT2D eigenvalue weighted by molar-refractivity contribution is 0.0924. The van der Waals surface area contributed by atoms with Crippen LogP contribution in [0.3, 0.4) is 0 Å². The number of hydrogen-bond acceptors (Lipinski definition) is 2. The summed E-state index contributed by atoms with van der Waals surface area (Å²) in [6.45, 7) is 11.6. The van der Waals surface area contributed by atoms with Crippen LogP contribution < -0.4 is 11.1 Å². The highest BCUT2D eigenvalue weighted by atomic mass is 16.1. The largest absolute Gasteiger partial charge is 0.351 e. The zero-order chi connectivity index (χ0) is 16.0. The molecule has 0 unspecified atom stereocenters. The van der Waals surface area contributed by atoms with Gasteiger partial charge in [-0.15, -0.1) is 0 Å². The van der Waals surface area contributed by atoms with Crippen molar-refractivity contribution in [3.63, 3.8) is 0 Å². The van der Waals surface area contributed by atoms with Crippen LogP contribution >= 0.6 is 0 Å². The van der Waals surface area contributed by atoms with E-state index in [0.29, 0.717) is 24.6 Å². The second-order valence-corrected chi connectivity index (χ2v) is 6.42. The maximum absolute atomic E-state index is 12.3. The molecule has 0 atom stereocenters. The summed E-state index contributed by atoms with van der Waals surface area (Å²) in [7, 11) is 0. The molecule has 1 aromatic carbocycles. The monoisotopic (exact) mass is 286 g/mol. The Morgan fingerprint density at radius 1 is 1.33 bits per heavy atom. The molecule has 21 heavy (non-hydrogen) atoms. The van der Waals surface area contributed by atoms with Crippen molar-refractivity contribution >= 4 is 5.91 Å². The minimum Gasteiger partial charge on any atom is -0.351 e. The van der Waals surface area contributed by atoms with Gasteiger partial charge in [0, 0.05) is 17.7 Å². The number of hydrogen-bond donors (Lipinski definition) is 2. The Morgan fingerprint density at radius 3 is 2.57 bits per heavy atom. The summed E-state index contributed by atoms with van der Waals surface area (Å²) in [5.41, 5.74) is 7.95. The fourth-order valence-electron chi connectivity index (χ4n) is 1.75. The quantitative estimate of drug-likeness (QED) is 0.836. The Kier molecular flexibility index (Phi) is 5.99. The average Bonchev–Trinajstić information content (AvgIpc) is 2.41. The van der Waals surface area contributed by atoms with Crippen molar-refractivity contribution in [1.82, 2.24) is 5.32 Å². The molecular formula is C18H26N2O. The highest BCUT2D eigenvalue weighted by Gasteiger charge is 2.23. The summed E-state index contributed by atoms with van der Waals surface area (Å²) < 4.78 is 0. The normalized spacial score (nSPS) is 11.0. The van der Waals surface area contributed by atoms with E-state index in [2.05, 4.69) is 44.9 Å². The average molecular weight is 286 g/mol. The molecule has 0 fully saturated rings. The Balaban J connectivity index is 2.86. The number of aryl methyl sites for hydroxylation is 1. The first-order valence-electron chi connectivity index (χ1n) is 7.35. The molecule has 0 saturated carbocycles. The molecule has 0 aliphatic rings. The van der Waals surface area contributed by atoms with Crippen LogP contribution in [0.25, 0.3) is 0 Å². The van der Waals surface area contributed by atoms with Gasteiger partial charge in [0.05, 0.1) is 6.54 Å². The third-order valence-electron chi connectivity index (χ3n) is 3.94. The Labute approximate surface area is 128 Å². The van der Waals surface area contributed by atoms with Crippen LogP contribution in [-0.4, -0.2) is 19.0 Å². The molecular weight excluding hydrogens is 260 g/mol. The van der Waals surface area contributed by atoms with Crippen molar-refractivity contribution in [3.8, 4) is 11.8 Å². The number of amides is 1. The van der Waals surface area contributed by atoms with Crippen molar-refractivity contribution < 1.29 is 4.79 Å². The highest BCUT2D eigenvalue weighted by Crippen LogP contribution is 2.24. The molecule has 1 aromatic rings. The zero-order valence-electron chi connectivity index (χ0n) is 13.7. The number of rotatable bonds is 4. The van der Waals surface area contributed by atoms with Gasteiger partial charge < -0.3 is 11.1 Å². The summed E-state index contributed by atoms with van der Waals surface area (Å²) >= 11 is 0. The molecule has 0 aromatic heterocycles. The van der Waals surface area contributed by atoms with E-state index in [4.69, 9.17) is 5.73 Å². The van der Waals surface area contributed by atoms with E-state index in [9.17, 15) is 4.79 Å². The SMILES string of the molecule is Cc1cc(C#CCN)cc(C(=O)NCC(C)(C)C(C)C)c1. The van der Waals surface area contributed by atoms with Gasteiger partial charge in [0.15, 0.2) is 0 Å². The van der Waals surface area contributed by atoms with Gasteiger partial charge in [-0.2, -0.15) is 0 Å². The molecule has 3 heteroatoms. The van der Waals surface area contributed by atoms with Gasteiger partial charge in [-0.25, -0.2) is 0 Å². The van der Waals surface area contributed by atoms with E-state index < -0.39 is 0 Å². The van der Waals surface area contributed by atoms with Crippen LogP contribution in [-0.2, 0) is 0 Å². The van der Waals surface area contributed by atoms with Crippen molar-refractivity contribution in [3.05, 3.63) is 34.9 Å². The molecule has 0 aliphatic heterocycles. The maximum atomic E-state index is 12.3. The Morgan fingerprint density at radius 2 is 2.00 bits per heavy atom. The predicted octanol–water partition coefficient (Wildman–Crippen LogP) is 2.72. The van der Waals surface area contributed by atoms with Crippen LogP contribution in [0.2, 0.25) is 0 Å². The molecule has 3 nitrogen and oxygen atoms in total. The van der Waals surface area contributed by atoms with E-state index in [0.717, 1.165) is 11.1 Å². The Bertz CT molecular complexity index is 562. The van der Waals surface area contributed by atoms with Crippen molar-refractivity contribution in [2.75, 3.05) is 13.1 Å². The van der Waals surface area contributed by atoms with Crippen LogP contribution in [0.1, 0.15) is 49.2 Å². The Hall–Kier alpha value is -1.79. The summed E-state index contributed by atoms with van der Waals surface area (Å²) in [4.78, 5) is 12.3. The third kappa shape index (κ3) is 5.24. The van der Waals surface area contributed by atoms with Gasteiger partial charge in [0.1, 0.15) is 0 Å². The lowest BCUT2D eigenvalue weighted by atomic mass is 9.81. The van der Waals surface area contributed by atoms with Gasteiger partial charge in [-0.1, -0.05) is 39.5 Å². The predicted molar refractivity (Wildman–Crippen MR) is 88.1 cm³/mol. The topological polar surface area (TPSA) is 55.1 Å². The standard InChI is InChI=1S/C18H26N2O/c1-13(2)18(4,5)12-20-17(21)16-10-14(3)9-15(11-16)7-6-8-19/h9-11,13H,8,12,19H2,1-5H3,(H,20,21). The van der Waals surface area contributed by atoms with Crippen molar-refractivity contribution in [2.24, 2.45) is 17.1 Å². The fraction of sp³-hybridized carbons (Fsp3) is 0.500. The van der Waals surface area contributed by atoms with Gasteiger partial charge >= 0.3 is 0 Å². The van der Waals surface area contributed by atoms with E-state index in [1.165, 1.54) is 0 Å². The van der Waals surface area contributed by atoms with Gasteiger partial charge in [-0.3, -0.25) is 4.79 Å². The number of benzene rings is 1. The lowest BCUT2D eigenvalue weighted by Gasteiger charge is -2.29. The van der Waals surface area contributed by atoms with E-state index in [-0.39, 0.29) is 11.3 Å². The number of nitrogens with two attached hydrogens (primary N) is 1. The molecule has 0 heterocycles. The summed E-state index contributed by atoms with van der Waals surface area (Å²) in [6.07, 6.45) is 0. The summed E-state index contributed by atoms with van der Waals surface area (Å²) in [6, 6.07) is 5.65. The second-order valence-electron chi connectivity index (χ2n) is 6.42. The summed E-state index contributed by atoms with van der Waals surface area (Å²) in [5.74, 6) is 6.24. The van der Waals surface area contributed by atoms with Crippen LogP contribution in [0.15, 0.2) is 18.2 Å². The van der Waals surface area contributed by atoms with Crippen LogP contribution in [0.4, 0.5) is 0 Å². The van der Waals surface area contributed by atoms with Gasteiger partial charge in [-0.05, 0) is 42.0 Å². The molecule has 1 rings (SSSR count). The van der Waals surface area contributed by atoms with Crippen LogP contribution in [0.5, 0.6) is 0 Å². The first kappa shape index (κ1) is 17.3. The maximum Gasteiger partial charge on any atom is 0.251 e. The smallest absolute Gasteiger partial charge is 0.251 e. The first-order valence-corrected chi connectivity index (χ1v) is 7.35. The van der Waals surface area contributed by atoms with Crippen LogP contribution in [0, 0.1) is 30.1 Å². The third-order valence-corrected chi connectivity index (χ3v) is 3.94. The molecule has 0 spiro atoms. The second kappa shape index (κ2) is 7.28. The van der Waals surface area contributed by atoms with Crippen molar-refractivity contribution in [2.45, 2.75) is 34.6 Å². The minimum absolute atomic E-state index is 0.0526. The van der Waals surface area contributed by atoms with Gasteiger partial charge in [0.2, 0.25) is 0 Å². The minimum atomic E-state index is -0.0526. The van der Waals surface area contributed by atoms with E-state index >= 15 is 0 Å². The first-order chi connectivity index (χ1) is 9.76. The molecule has 0 saturated heterocycles. The van der Waals surface area contributed by atoms with E-state index in [1.807, 2.05) is 25.1 Å². The molecule has 0 radical (unpaired) electrons.